The maximum Gasteiger partial charge on any atom is 0.0837 e. The van der Waals surface area contributed by atoms with E-state index in [0.717, 1.165) is 24.2 Å². The summed E-state index contributed by atoms with van der Waals surface area (Å²) < 4.78 is 1.96. The Hall–Kier alpha value is -1.39. The fourth-order valence-corrected chi connectivity index (χ4v) is 2.32. The summed E-state index contributed by atoms with van der Waals surface area (Å²) in [4.78, 5) is 4.04. The van der Waals surface area contributed by atoms with Gasteiger partial charge < -0.3 is 5.32 Å². The fourth-order valence-electron chi connectivity index (χ4n) is 2.07. The fraction of sp³-hybridized carbons (Fsp3) is 0.385. The van der Waals surface area contributed by atoms with E-state index in [0.29, 0.717) is 5.02 Å². The first kappa shape index (κ1) is 13.1. The molecule has 0 amide bonds. The van der Waals surface area contributed by atoms with E-state index in [2.05, 4.69) is 22.3 Å². The van der Waals surface area contributed by atoms with Crippen LogP contribution in [0.1, 0.15) is 30.6 Å². The van der Waals surface area contributed by atoms with Crippen LogP contribution < -0.4 is 5.32 Å². The van der Waals surface area contributed by atoms with Gasteiger partial charge in [-0.15, -0.1) is 0 Å². The lowest BCUT2D eigenvalue weighted by Gasteiger charge is -2.18. The Kier molecular flexibility index (Phi) is 4.33. The maximum absolute atomic E-state index is 6.27. The van der Waals surface area contributed by atoms with Crippen LogP contribution in [-0.2, 0) is 6.54 Å². The molecule has 18 heavy (non-hydrogen) atoms. The van der Waals surface area contributed by atoms with Gasteiger partial charge in [0, 0.05) is 18.9 Å². The van der Waals surface area contributed by atoms with Gasteiger partial charge in [-0.3, -0.25) is 9.67 Å². The zero-order valence-corrected chi connectivity index (χ0v) is 11.4. The highest BCUT2D eigenvalue weighted by Gasteiger charge is 2.20. The summed E-state index contributed by atoms with van der Waals surface area (Å²) in [7, 11) is 1.92. The average Bonchev–Trinajstić information content (AvgIpc) is 2.75. The van der Waals surface area contributed by atoms with Gasteiger partial charge in [0.15, 0.2) is 0 Å². The molecule has 0 saturated heterocycles. The second kappa shape index (κ2) is 5.98. The summed E-state index contributed by atoms with van der Waals surface area (Å²) in [5.41, 5.74) is 2.14. The van der Waals surface area contributed by atoms with Gasteiger partial charge in [-0.1, -0.05) is 18.5 Å². The van der Waals surface area contributed by atoms with Crippen LogP contribution >= 0.6 is 11.6 Å². The zero-order valence-electron chi connectivity index (χ0n) is 10.6. The predicted octanol–water partition coefficient (Wildman–Crippen LogP) is 2.65. The van der Waals surface area contributed by atoms with Crippen LogP contribution in [0.2, 0.25) is 5.02 Å². The van der Waals surface area contributed by atoms with Crippen LogP contribution in [-0.4, -0.2) is 21.8 Å². The number of aromatic nitrogens is 3. The van der Waals surface area contributed by atoms with Gasteiger partial charge in [0.05, 0.1) is 23.0 Å². The second-order valence-electron chi connectivity index (χ2n) is 4.10. The Labute approximate surface area is 112 Å². The number of rotatable bonds is 5. The van der Waals surface area contributed by atoms with Gasteiger partial charge in [-0.25, -0.2) is 0 Å². The van der Waals surface area contributed by atoms with Crippen molar-refractivity contribution in [3.63, 3.8) is 0 Å². The van der Waals surface area contributed by atoms with Crippen molar-refractivity contribution in [3.05, 3.63) is 47.0 Å². The molecule has 2 heterocycles. The molecule has 0 radical (unpaired) electrons. The molecule has 0 aliphatic carbocycles. The standard InChI is InChI=1S/C13H17ClN4/c1-3-8-18-13(11(14)9-17-18)12(15-2)10-4-6-16-7-5-10/h4-7,9,12,15H,3,8H2,1-2H3. The normalized spacial score (nSPS) is 12.6. The molecule has 0 saturated carbocycles. The molecule has 0 aromatic carbocycles. The van der Waals surface area contributed by atoms with Gasteiger partial charge in [0.25, 0.3) is 0 Å². The van der Waals surface area contributed by atoms with Crippen molar-refractivity contribution in [1.29, 1.82) is 0 Å². The smallest absolute Gasteiger partial charge is 0.0837 e. The minimum atomic E-state index is 0.0366. The number of nitrogens with zero attached hydrogens (tertiary/aromatic N) is 3. The summed E-state index contributed by atoms with van der Waals surface area (Å²) in [6.07, 6.45) is 6.30. The third-order valence-electron chi connectivity index (χ3n) is 2.87. The van der Waals surface area contributed by atoms with Gasteiger partial charge in [0.1, 0.15) is 0 Å². The zero-order chi connectivity index (χ0) is 13.0. The highest BCUT2D eigenvalue weighted by atomic mass is 35.5. The number of hydrogen-bond donors (Lipinski definition) is 1. The molecular formula is C13H17ClN4. The summed E-state index contributed by atoms with van der Waals surface area (Å²) in [5.74, 6) is 0. The SMILES string of the molecule is CCCn1ncc(Cl)c1C(NC)c1ccncc1. The van der Waals surface area contributed by atoms with E-state index in [9.17, 15) is 0 Å². The summed E-state index contributed by atoms with van der Waals surface area (Å²) >= 11 is 6.27. The Bertz CT molecular complexity index is 495. The van der Waals surface area contributed by atoms with Crippen molar-refractivity contribution in [2.24, 2.45) is 0 Å². The lowest BCUT2D eigenvalue weighted by molar-refractivity contribution is 0.534. The lowest BCUT2D eigenvalue weighted by Crippen LogP contribution is -2.22. The number of halogens is 1. The van der Waals surface area contributed by atoms with E-state index in [1.807, 2.05) is 23.9 Å². The summed E-state index contributed by atoms with van der Waals surface area (Å²) in [6, 6.07) is 4.01. The topological polar surface area (TPSA) is 42.7 Å². The van der Waals surface area contributed by atoms with Gasteiger partial charge >= 0.3 is 0 Å². The van der Waals surface area contributed by atoms with E-state index in [1.54, 1.807) is 18.6 Å². The van der Waals surface area contributed by atoms with Crippen molar-refractivity contribution < 1.29 is 0 Å². The average molecular weight is 265 g/mol. The number of aryl methyl sites for hydroxylation is 1. The monoisotopic (exact) mass is 264 g/mol. The van der Waals surface area contributed by atoms with Gasteiger partial charge in [-0.2, -0.15) is 5.10 Å². The van der Waals surface area contributed by atoms with Crippen LogP contribution in [0, 0.1) is 0 Å². The highest BCUT2D eigenvalue weighted by Crippen LogP contribution is 2.27. The first-order chi connectivity index (χ1) is 8.77. The minimum absolute atomic E-state index is 0.0366. The maximum atomic E-state index is 6.27. The summed E-state index contributed by atoms with van der Waals surface area (Å²) in [6.45, 7) is 2.99. The largest absolute Gasteiger partial charge is 0.308 e. The molecule has 0 spiro atoms. The van der Waals surface area contributed by atoms with Gasteiger partial charge in [0.2, 0.25) is 0 Å². The Balaban J connectivity index is 2.41. The van der Waals surface area contributed by atoms with Crippen molar-refractivity contribution in [3.8, 4) is 0 Å². The molecule has 0 aliphatic rings. The Morgan fingerprint density at radius 3 is 2.72 bits per heavy atom. The number of hydrogen-bond acceptors (Lipinski definition) is 3. The molecule has 2 aromatic heterocycles. The molecule has 1 atom stereocenters. The highest BCUT2D eigenvalue weighted by molar-refractivity contribution is 6.31. The third kappa shape index (κ3) is 2.54. The van der Waals surface area contributed by atoms with E-state index >= 15 is 0 Å². The minimum Gasteiger partial charge on any atom is -0.308 e. The molecule has 0 fully saturated rings. The first-order valence-corrected chi connectivity index (χ1v) is 6.44. The molecule has 1 N–H and O–H groups in total. The lowest BCUT2D eigenvalue weighted by atomic mass is 10.1. The van der Waals surface area contributed by atoms with Crippen LogP contribution in [0.15, 0.2) is 30.7 Å². The van der Waals surface area contributed by atoms with E-state index < -0.39 is 0 Å². The summed E-state index contributed by atoms with van der Waals surface area (Å²) in [5, 5.41) is 8.31. The molecule has 0 aliphatic heterocycles. The van der Waals surface area contributed by atoms with Crippen molar-refractivity contribution >= 4 is 11.6 Å². The van der Waals surface area contributed by atoms with Crippen LogP contribution in [0.4, 0.5) is 0 Å². The quantitative estimate of drug-likeness (QED) is 0.903. The first-order valence-electron chi connectivity index (χ1n) is 6.06. The molecule has 0 bridgehead atoms. The number of pyridine rings is 1. The molecule has 5 heteroatoms. The second-order valence-corrected chi connectivity index (χ2v) is 4.51. The van der Waals surface area contributed by atoms with Gasteiger partial charge in [-0.05, 0) is 31.2 Å². The molecular weight excluding hydrogens is 248 g/mol. The van der Waals surface area contributed by atoms with E-state index in [-0.39, 0.29) is 6.04 Å². The van der Waals surface area contributed by atoms with E-state index in [4.69, 9.17) is 11.6 Å². The molecule has 2 aromatic rings. The van der Waals surface area contributed by atoms with E-state index in [1.165, 1.54) is 0 Å². The van der Waals surface area contributed by atoms with Crippen LogP contribution in [0.25, 0.3) is 0 Å². The van der Waals surface area contributed by atoms with Crippen LogP contribution in [0.3, 0.4) is 0 Å². The Morgan fingerprint density at radius 2 is 2.11 bits per heavy atom. The molecule has 1 unspecified atom stereocenters. The van der Waals surface area contributed by atoms with Crippen molar-refractivity contribution in [2.75, 3.05) is 7.05 Å². The molecule has 4 nitrogen and oxygen atoms in total. The van der Waals surface area contributed by atoms with Crippen LogP contribution in [0.5, 0.6) is 0 Å². The molecule has 96 valence electrons. The Morgan fingerprint density at radius 1 is 1.39 bits per heavy atom. The predicted molar refractivity (Wildman–Crippen MR) is 72.7 cm³/mol. The molecule has 2 rings (SSSR count). The number of nitrogens with one attached hydrogen (secondary N) is 1. The van der Waals surface area contributed by atoms with Crippen molar-refractivity contribution in [1.82, 2.24) is 20.1 Å². The third-order valence-corrected chi connectivity index (χ3v) is 3.16. The van der Waals surface area contributed by atoms with Crippen molar-refractivity contribution in [2.45, 2.75) is 25.9 Å².